The van der Waals surface area contributed by atoms with Crippen LogP contribution in [0.3, 0.4) is 0 Å². The van der Waals surface area contributed by atoms with E-state index in [-0.39, 0.29) is 11.9 Å². The molecule has 0 bridgehead atoms. The molecular formula is C19H27FN2O2. The number of rotatable bonds is 1. The van der Waals surface area contributed by atoms with Gasteiger partial charge < -0.3 is 9.64 Å². The zero-order valence-electron chi connectivity index (χ0n) is 14.8. The number of hydrogen-bond acceptors (Lipinski definition) is 3. The molecule has 1 aromatic carbocycles. The molecular weight excluding hydrogens is 307 g/mol. The minimum absolute atomic E-state index is 0.0769. The summed E-state index contributed by atoms with van der Waals surface area (Å²) >= 11 is 0. The number of piperidine rings is 1. The highest BCUT2D eigenvalue weighted by atomic mass is 19.1. The number of hydrogen-bond donors (Lipinski definition) is 0. The van der Waals surface area contributed by atoms with Crippen molar-refractivity contribution < 1.29 is 13.9 Å². The lowest BCUT2D eigenvalue weighted by Crippen LogP contribution is -2.49. The van der Waals surface area contributed by atoms with Gasteiger partial charge in [0.1, 0.15) is 11.4 Å². The lowest BCUT2D eigenvalue weighted by molar-refractivity contribution is 0.0133. The maximum absolute atomic E-state index is 13.8. The quantitative estimate of drug-likeness (QED) is 0.787. The van der Waals surface area contributed by atoms with Gasteiger partial charge in [0.05, 0.1) is 0 Å². The third-order valence-corrected chi connectivity index (χ3v) is 4.87. The fourth-order valence-corrected chi connectivity index (χ4v) is 3.64. The van der Waals surface area contributed by atoms with Crippen LogP contribution in [0.25, 0.3) is 0 Å². The maximum Gasteiger partial charge on any atom is 0.410 e. The van der Waals surface area contributed by atoms with E-state index in [1.54, 1.807) is 17.0 Å². The second-order valence-corrected chi connectivity index (χ2v) is 7.80. The minimum atomic E-state index is -0.450. The minimum Gasteiger partial charge on any atom is -0.444 e. The molecule has 0 radical (unpaired) electrons. The number of halogens is 1. The molecule has 132 valence electrons. The second-order valence-electron chi connectivity index (χ2n) is 7.80. The zero-order chi connectivity index (χ0) is 17.3. The van der Waals surface area contributed by atoms with Gasteiger partial charge in [-0.1, -0.05) is 12.1 Å². The van der Waals surface area contributed by atoms with E-state index in [0.29, 0.717) is 6.04 Å². The van der Waals surface area contributed by atoms with Crippen molar-refractivity contribution in [2.75, 3.05) is 19.6 Å². The van der Waals surface area contributed by atoms with Gasteiger partial charge in [0.2, 0.25) is 0 Å². The highest BCUT2D eigenvalue weighted by Gasteiger charge is 2.31. The van der Waals surface area contributed by atoms with Crippen LogP contribution in [0.2, 0.25) is 0 Å². The first-order valence-corrected chi connectivity index (χ1v) is 8.82. The Morgan fingerprint density at radius 3 is 2.58 bits per heavy atom. The predicted molar refractivity (Wildman–Crippen MR) is 91.3 cm³/mol. The van der Waals surface area contributed by atoms with E-state index in [1.165, 1.54) is 0 Å². The Morgan fingerprint density at radius 1 is 1.21 bits per heavy atom. The summed E-state index contributed by atoms with van der Waals surface area (Å²) in [6.45, 7) is 8.83. The van der Waals surface area contributed by atoms with E-state index >= 15 is 0 Å². The van der Waals surface area contributed by atoms with Gasteiger partial charge in [0, 0.05) is 32.2 Å². The average molecular weight is 334 g/mol. The van der Waals surface area contributed by atoms with Crippen molar-refractivity contribution in [2.45, 2.75) is 58.2 Å². The van der Waals surface area contributed by atoms with Crippen molar-refractivity contribution in [3.8, 4) is 0 Å². The van der Waals surface area contributed by atoms with E-state index in [2.05, 4.69) is 4.90 Å². The van der Waals surface area contributed by atoms with E-state index in [4.69, 9.17) is 4.74 Å². The van der Waals surface area contributed by atoms with E-state index in [9.17, 15) is 9.18 Å². The second kappa shape index (κ2) is 6.71. The van der Waals surface area contributed by atoms with Gasteiger partial charge >= 0.3 is 6.09 Å². The highest BCUT2D eigenvalue weighted by Crippen LogP contribution is 2.26. The third kappa shape index (κ3) is 3.89. The number of likely N-dealkylation sites (tertiary alicyclic amines) is 1. The predicted octanol–water partition coefficient (Wildman–Crippen LogP) is 3.58. The van der Waals surface area contributed by atoms with Gasteiger partial charge in [-0.15, -0.1) is 0 Å². The van der Waals surface area contributed by atoms with Crippen LogP contribution in [-0.4, -0.2) is 47.2 Å². The average Bonchev–Trinajstić information content (AvgIpc) is 2.53. The maximum atomic E-state index is 13.8. The van der Waals surface area contributed by atoms with Crippen molar-refractivity contribution in [1.29, 1.82) is 0 Å². The number of nitrogens with zero attached hydrogens (tertiary/aromatic N) is 2. The van der Waals surface area contributed by atoms with Gasteiger partial charge in [-0.2, -0.15) is 0 Å². The fraction of sp³-hybridized carbons (Fsp3) is 0.632. The molecule has 0 aliphatic carbocycles. The first kappa shape index (κ1) is 17.2. The molecule has 0 N–H and O–H groups in total. The molecule has 2 aliphatic rings. The molecule has 1 amide bonds. The number of amides is 1. The number of carbonyl (C=O) groups excluding carboxylic acids is 1. The highest BCUT2D eigenvalue weighted by molar-refractivity contribution is 5.68. The van der Waals surface area contributed by atoms with Crippen molar-refractivity contribution in [3.63, 3.8) is 0 Å². The number of fused-ring (bicyclic) bond motifs is 1. The Labute approximate surface area is 143 Å². The Morgan fingerprint density at radius 2 is 1.92 bits per heavy atom. The molecule has 0 aromatic heterocycles. The molecule has 1 saturated heterocycles. The van der Waals surface area contributed by atoms with Gasteiger partial charge in [-0.05, 0) is 57.2 Å². The van der Waals surface area contributed by atoms with Crippen LogP contribution in [0.15, 0.2) is 18.2 Å². The SMILES string of the molecule is CC(C)(C)OC(=O)N1CCC(N2CCc3c(F)cccc3C2)CC1. The van der Waals surface area contributed by atoms with E-state index in [1.807, 2.05) is 26.8 Å². The summed E-state index contributed by atoms with van der Waals surface area (Å²) in [5, 5.41) is 0. The summed E-state index contributed by atoms with van der Waals surface area (Å²) in [4.78, 5) is 16.4. The number of benzene rings is 1. The standard InChI is InChI=1S/C19H27FN2O2/c1-19(2,3)24-18(23)21-10-7-15(8-11-21)22-12-9-16-14(13-22)5-4-6-17(16)20/h4-6,15H,7-13H2,1-3H3. The van der Waals surface area contributed by atoms with Crippen LogP contribution < -0.4 is 0 Å². The first-order chi connectivity index (χ1) is 11.3. The van der Waals surface area contributed by atoms with Gasteiger partial charge in [-0.3, -0.25) is 4.90 Å². The molecule has 0 atom stereocenters. The van der Waals surface area contributed by atoms with Crippen LogP contribution in [0.4, 0.5) is 9.18 Å². The summed E-state index contributed by atoms with van der Waals surface area (Å²) in [6.07, 6.45) is 2.45. The topological polar surface area (TPSA) is 32.8 Å². The summed E-state index contributed by atoms with van der Waals surface area (Å²) in [5.74, 6) is -0.0769. The molecule has 1 fully saturated rings. The molecule has 0 unspecified atom stereocenters. The van der Waals surface area contributed by atoms with Crippen LogP contribution >= 0.6 is 0 Å². The normalized spacial score (nSPS) is 19.9. The smallest absolute Gasteiger partial charge is 0.410 e. The summed E-state index contributed by atoms with van der Waals surface area (Å²) in [6, 6.07) is 5.83. The van der Waals surface area contributed by atoms with Crippen LogP contribution in [0, 0.1) is 5.82 Å². The number of ether oxygens (including phenoxy) is 1. The molecule has 5 heteroatoms. The summed E-state index contributed by atoms with van der Waals surface area (Å²) in [5.41, 5.74) is 1.53. The lowest BCUT2D eigenvalue weighted by Gasteiger charge is -2.40. The molecule has 0 spiro atoms. The molecule has 2 heterocycles. The molecule has 1 aromatic rings. The van der Waals surface area contributed by atoms with Crippen LogP contribution in [0.5, 0.6) is 0 Å². The van der Waals surface area contributed by atoms with Crippen LogP contribution in [-0.2, 0) is 17.7 Å². The summed E-state index contributed by atoms with van der Waals surface area (Å²) < 4.78 is 19.3. The Balaban J connectivity index is 1.55. The van der Waals surface area contributed by atoms with Gasteiger partial charge in [0.25, 0.3) is 0 Å². The Bertz CT molecular complexity index is 604. The molecule has 2 aliphatic heterocycles. The first-order valence-electron chi connectivity index (χ1n) is 8.82. The van der Waals surface area contributed by atoms with Crippen LogP contribution in [0.1, 0.15) is 44.7 Å². The largest absolute Gasteiger partial charge is 0.444 e. The third-order valence-electron chi connectivity index (χ3n) is 4.87. The van der Waals surface area contributed by atoms with Crippen molar-refractivity contribution >= 4 is 6.09 Å². The molecule has 4 nitrogen and oxygen atoms in total. The molecule has 0 saturated carbocycles. The molecule has 24 heavy (non-hydrogen) atoms. The van der Waals surface area contributed by atoms with Gasteiger partial charge in [0.15, 0.2) is 0 Å². The fourth-order valence-electron chi connectivity index (χ4n) is 3.64. The molecule has 3 rings (SSSR count). The number of carbonyl (C=O) groups is 1. The van der Waals surface area contributed by atoms with Gasteiger partial charge in [-0.25, -0.2) is 9.18 Å². The van der Waals surface area contributed by atoms with Crippen molar-refractivity contribution in [2.24, 2.45) is 0 Å². The Kier molecular flexibility index (Phi) is 4.81. The van der Waals surface area contributed by atoms with Crippen molar-refractivity contribution in [1.82, 2.24) is 9.80 Å². The monoisotopic (exact) mass is 334 g/mol. The van der Waals surface area contributed by atoms with E-state index in [0.717, 1.165) is 56.6 Å². The lowest BCUT2D eigenvalue weighted by atomic mass is 9.95. The Hall–Kier alpha value is -1.62. The van der Waals surface area contributed by atoms with E-state index < -0.39 is 5.60 Å². The zero-order valence-corrected chi connectivity index (χ0v) is 14.8. The van der Waals surface area contributed by atoms with Crippen molar-refractivity contribution in [3.05, 3.63) is 35.1 Å². The summed E-state index contributed by atoms with van der Waals surface area (Å²) in [7, 11) is 0.